The van der Waals surface area contributed by atoms with Gasteiger partial charge in [-0.15, -0.1) is 0 Å². The van der Waals surface area contributed by atoms with Crippen molar-refractivity contribution in [2.75, 3.05) is 26.8 Å². The van der Waals surface area contributed by atoms with Gasteiger partial charge in [-0.25, -0.2) is 0 Å². The number of methoxy groups -OCH3 is 1. The molecule has 2 saturated heterocycles. The van der Waals surface area contributed by atoms with Gasteiger partial charge >= 0.3 is 0 Å². The summed E-state index contributed by atoms with van der Waals surface area (Å²) in [7, 11) is 1.66. The quantitative estimate of drug-likeness (QED) is 0.734. The van der Waals surface area contributed by atoms with Crippen LogP contribution in [0, 0.1) is 0 Å². The van der Waals surface area contributed by atoms with Crippen molar-refractivity contribution in [2.24, 2.45) is 0 Å². The van der Waals surface area contributed by atoms with Crippen LogP contribution in [0.1, 0.15) is 19.8 Å². The van der Waals surface area contributed by atoms with E-state index in [0.29, 0.717) is 19.1 Å². The summed E-state index contributed by atoms with van der Waals surface area (Å²) in [5.41, 5.74) is 0. The predicted molar refractivity (Wildman–Crippen MR) is 57.9 cm³/mol. The van der Waals surface area contributed by atoms with E-state index in [4.69, 9.17) is 14.2 Å². The van der Waals surface area contributed by atoms with Crippen molar-refractivity contribution in [1.82, 2.24) is 4.90 Å². The van der Waals surface area contributed by atoms with E-state index >= 15 is 0 Å². The average Bonchev–Trinajstić information content (AvgIpc) is 2.28. The third kappa shape index (κ3) is 2.93. The Labute approximate surface area is 96.3 Å². The van der Waals surface area contributed by atoms with Crippen LogP contribution < -0.4 is 0 Å². The molecule has 0 bridgehead atoms. The molecule has 0 aliphatic carbocycles. The molecule has 0 unspecified atom stereocenters. The van der Waals surface area contributed by atoms with Gasteiger partial charge < -0.3 is 19.3 Å². The lowest BCUT2D eigenvalue weighted by Gasteiger charge is -2.41. The van der Waals surface area contributed by atoms with E-state index in [-0.39, 0.29) is 12.4 Å². The molecule has 2 rings (SSSR count). The van der Waals surface area contributed by atoms with E-state index in [1.165, 1.54) is 0 Å². The minimum absolute atomic E-state index is 0.123. The highest BCUT2D eigenvalue weighted by atomic mass is 16.7. The summed E-state index contributed by atoms with van der Waals surface area (Å²) in [6.07, 6.45) is 1.01. The van der Waals surface area contributed by atoms with Crippen LogP contribution in [-0.4, -0.2) is 61.5 Å². The molecule has 0 aromatic carbocycles. The standard InChI is InChI=1S/C11H21NO4/c1-8-5-9(6-10(13)16-8)12-3-4-15-11(7-12)14-2/h8-11,13H,3-7H2,1-2H3/t8-,9+,10+,11-/m0/s1. The van der Waals surface area contributed by atoms with Crippen LogP contribution in [0.2, 0.25) is 0 Å². The first-order valence-corrected chi connectivity index (χ1v) is 5.91. The number of aliphatic hydroxyl groups excluding tert-OH is 1. The van der Waals surface area contributed by atoms with Crippen LogP contribution >= 0.6 is 0 Å². The van der Waals surface area contributed by atoms with Crippen LogP contribution in [-0.2, 0) is 14.2 Å². The number of rotatable bonds is 2. The molecule has 2 heterocycles. The fourth-order valence-corrected chi connectivity index (χ4v) is 2.50. The van der Waals surface area contributed by atoms with Gasteiger partial charge in [0.05, 0.1) is 12.7 Å². The SMILES string of the molecule is CO[C@@H]1CN([C@@H]2C[C@H](C)O[C@@H](O)C2)CCO1. The predicted octanol–water partition coefficient (Wildman–Crippen LogP) is 0.177. The van der Waals surface area contributed by atoms with E-state index in [1.807, 2.05) is 6.92 Å². The molecular formula is C11H21NO4. The molecule has 0 aromatic heterocycles. The van der Waals surface area contributed by atoms with E-state index in [1.54, 1.807) is 7.11 Å². The van der Waals surface area contributed by atoms with Gasteiger partial charge in [0.1, 0.15) is 0 Å². The second-order valence-corrected chi connectivity index (χ2v) is 4.56. The summed E-state index contributed by atoms with van der Waals surface area (Å²) < 4.78 is 16.0. The lowest BCUT2D eigenvalue weighted by Crippen LogP contribution is -2.52. The lowest BCUT2D eigenvalue weighted by atomic mass is 10.0. The van der Waals surface area contributed by atoms with Crippen LogP contribution in [0.5, 0.6) is 0 Å². The van der Waals surface area contributed by atoms with Crippen molar-refractivity contribution >= 4 is 0 Å². The molecule has 16 heavy (non-hydrogen) atoms. The van der Waals surface area contributed by atoms with Crippen molar-refractivity contribution in [3.05, 3.63) is 0 Å². The molecule has 2 fully saturated rings. The van der Waals surface area contributed by atoms with E-state index in [0.717, 1.165) is 19.5 Å². The maximum absolute atomic E-state index is 9.59. The molecule has 0 saturated carbocycles. The van der Waals surface area contributed by atoms with E-state index in [9.17, 15) is 5.11 Å². The van der Waals surface area contributed by atoms with Crippen molar-refractivity contribution in [3.8, 4) is 0 Å². The molecule has 0 aromatic rings. The molecule has 5 nitrogen and oxygen atoms in total. The van der Waals surface area contributed by atoms with Crippen molar-refractivity contribution in [1.29, 1.82) is 0 Å². The summed E-state index contributed by atoms with van der Waals surface area (Å²) in [5, 5.41) is 9.59. The van der Waals surface area contributed by atoms with Gasteiger partial charge in [0.25, 0.3) is 0 Å². The van der Waals surface area contributed by atoms with E-state index in [2.05, 4.69) is 4.90 Å². The number of nitrogens with zero attached hydrogens (tertiary/aromatic N) is 1. The zero-order valence-corrected chi connectivity index (χ0v) is 9.96. The maximum atomic E-state index is 9.59. The molecule has 2 aliphatic rings. The number of hydrogen-bond donors (Lipinski definition) is 1. The number of aliphatic hydroxyl groups is 1. The zero-order chi connectivity index (χ0) is 11.5. The van der Waals surface area contributed by atoms with Crippen LogP contribution in [0.3, 0.4) is 0 Å². The molecule has 1 N–H and O–H groups in total. The maximum Gasteiger partial charge on any atom is 0.169 e. The van der Waals surface area contributed by atoms with Gasteiger partial charge in [0, 0.05) is 32.7 Å². The first-order valence-electron chi connectivity index (χ1n) is 5.91. The summed E-state index contributed by atoms with van der Waals surface area (Å²) in [6.45, 7) is 4.38. The average molecular weight is 231 g/mol. The Balaban J connectivity index is 1.90. The Morgan fingerprint density at radius 2 is 2.19 bits per heavy atom. The first-order chi connectivity index (χ1) is 7.69. The molecule has 94 valence electrons. The van der Waals surface area contributed by atoms with Gasteiger partial charge in [0.2, 0.25) is 0 Å². The summed E-state index contributed by atoms with van der Waals surface area (Å²) in [6, 6.07) is 0.375. The monoisotopic (exact) mass is 231 g/mol. The molecule has 4 atom stereocenters. The molecule has 0 amide bonds. The first kappa shape index (κ1) is 12.3. The molecular weight excluding hydrogens is 210 g/mol. The molecule has 2 aliphatic heterocycles. The van der Waals surface area contributed by atoms with Gasteiger partial charge in [-0.1, -0.05) is 0 Å². The van der Waals surface area contributed by atoms with Gasteiger partial charge in [-0.05, 0) is 13.3 Å². The van der Waals surface area contributed by atoms with Crippen molar-refractivity contribution < 1.29 is 19.3 Å². The Kier molecular flexibility index (Phi) is 4.16. The summed E-state index contributed by atoms with van der Waals surface area (Å²) in [5.74, 6) is 0. The Morgan fingerprint density at radius 3 is 2.88 bits per heavy atom. The highest BCUT2D eigenvalue weighted by Gasteiger charge is 2.32. The topological polar surface area (TPSA) is 51.2 Å². The Bertz CT molecular complexity index is 216. The normalized spacial score (nSPS) is 42.2. The Hall–Kier alpha value is -0.200. The fraction of sp³-hybridized carbons (Fsp3) is 1.00. The lowest BCUT2D eigenvalue weighted by molar-refractivity contribution is -0.203. The molecule has 0 spiro atoms. The van der Waals surface area contributed by atoms with Gasteiger partial charge in [-0.3, -0.25) is 4.90 Å². The largest absolute Gasteiger partial charge is 0.368 e. The van der Waals surface area contributed by atoms with Crippen LogP contribution in [0.15, 0.2) is 0 Å². The zero-order valence-electron chi connectivity index (χ0n) is 9.96. The Morgan fingerprint density at radius 1 is 1.38 bits per heavy atom. The van der Waals surface area contributed by atoms with Gasteiger partial charge in [-0.2, -0.15) is 0 Å². The third-order valence-corrected chi connectivity index (χ3v) is 3.31. The highest BCUT2D eigenvalue weighted by molar-refractivity contribution is 4.81. The van der Waals surface area contributed by atoms with Crippen molar-refractivity contribution in [2.45, 2.75) is 44.5 Å². The van der Waals surface area contributed by atoms with Crippen molar-refractivity contribution in [3.63, 3.8) is 0 Å². The third-order valence-electron chi connectivity index (χ3n) is 3.31. The molecule has 5 heteroatoms. The molecule has 0 radical (unpaired) electrons. The highest BCUT2D eigenvalue weighted by Crippen LogP contribution is 2.24. The fourth-order valence-electron chi connectivity index (χ4n) is 2.50. The smallest absolute Gasteiger partial charge is 0.169 e. The second-order valence-electron chi connectivity index (χ2n) is 4.56. The number of hydrogen-bond acceptors (Lipinski definition) is 5. The second kappa shape index (κ2) is 5.42. The van der Waals surface area contributed by atoms with E-state index < -0.39 is 6.29 Å². The van der Waals surface area contributed by atoms with Gasteiger partial charge in [0.15, 0.2) is 12.6 Å². The minimum Gasteiger partial charge on any atom is -0.368 e. The van der Waals surface area contributed by atoms with Crippen LogP contribution in [0.25, 0.3) is 0 Å². The minimum atomic E-state index is -0.627. The number of ether oxygens (including phenoxy) is 3. The number of morpholine rings is 1. The summed E-state index contributed by atoms with van der Waals surface area (Å²) >= 11 is 0. The summed E-state index contributed by atoms with van der Waals surface area (Å²) in [4.78, 5) is 2.33. The van der Waals surface area contributed by atoms with Crippen LogP contribution in [0.4, 0.5) is 0 Å².